The molecular weight excluding hydrogens is 427 g/mol. The number of guanidine groups is 1. The molecule has 1 aromatic carbocycles. The van der Waals surface area contributed by atoms with Crippen molar-refractivity contribution < 1.29 is 0 Å². The lowest BCUT2D eigenvalue weighted by molar-refractivity contribution is 0.770. The molecule has 0 saturated heterocycles. The Balaban J connectivity index is 0.00000225. The van der Waals surface area contributed by atoms with E-state index in [4.69, 9.17) is 5.73 Å². The zero-order valence-electron chi connectivity index (χ0n) is 14.4. The molecule has 0 spiro atoms. The predicted octanol–water partition coefficient (Wildman–Crippen LogP) is 3.32. The fourth-order valence-corrected chi connectivity index (χ4v) is 2.73. The van der Waals surface area contributed by atoms with Gasteiger partial charge in [-0.05, 0) is 55.7 Å². The van der Waals surface area contributed by atoms with Gasteiger partial charge in [0.05, 0.1) is 0 Å². The van der Waals surface area contributed by atoms with Gasteiger partial charge in [-0.3, -0.25) is 9.39 Å². The van der Waals surface area contributed by atoms with E-state index in [0.29, 0.717) is 12.5 Å². The van der Waals surface area contributed by atoms with E-state index in [1.54, 1.807) is 0 Å². The molecule has 0 fully saturated rings. The second-order valence-electron chi connectivity index (χ2n) is 5.92. The van der Waals surface area contributed by atoms with E-state index in [-0.39, 0.29) is 24.0 Å². The zero-order valence-corrected chi connectivity index (χ0v) is 16.8. The Kier molecular flexibility index (Phi) is 6.74. The lowest BCUT2D eigenvalue weighted by Gasteiger charge is -2.08. The van der Waals surface area contributed by atoms with Gasteiger partial charge < -0.3 is 11.1 Å². The molecule has 3 aromatic rings. The van der Waals surface area contributed by atoms with Gasteiger partial charge in [-0.1, -0.05) is 12.1 Å². The van der Waals surface area contributed by atoms with Gasteiger partial charge in [0.25, 0.3) is 0 Å². The van der Waals surface area contributed by atoms with Crippen molar-refractivity contribution in [3.63, 3.8) is 0 Å². The molecule has 0 unspecified atom stereocenters. The van der Waals surface area contributed by atoms with Crippen LogP contribution in [0.15, 0.2) is 47.6 Å². The molecule has 3 rings (SSSR count). The summed E-state index contributed by atoms with van der Waals surface area (Å²) in [5.74, 6) is 1.38. The number of aromatic nitrogens is 3. The maximum Gasteiger partial charge on any atom is 0.193 e. The molecule has 0 saturated carbocycles. The number of nitrogens with two attached hydrogens (primary N) is 1. The molecule has 0 bridgehead atoms. The maximum atomic E-state index is 5.96. The number of aliphatic imine (C=N–C) groups is 1. The van der Waals surface area contributed by atoms with Gasteiger partial charge in [0, 0.05) is 24.8 Å². The van der Waals surface area contributed by atoms with Gasteiger partial charge in [-0.25, -0.2) is 0 Å². The van der Waals surface area contributed by atoms with Crippen molar-refractivity contribution in [2.24, 2.45) is 10.7 Å². The van der Waals surface area contributed by atoms with E-state index < -0.39 is 0 Å². The van der Waals surface area contributed by atoms with Gasteiger partial charge in [-0.15, -0.1) is 34.2 Å². The Morgan fingerprint density at radius 1 is 1.16 bits per heavy atom. The summed E-state index contributed by atoms with van der Waals surface area (Å²) in [5, 5.41) is 11.5. The highest BCUT2D eigenvalue weighted by molar-refractivity contribution is 14.0. The number of fused-ring (bicyclic) bond motifs is 1. The van der Waals surface area contributed by atoms with Crippen molar-refractivity contribution in [2.45, 2.75) is 26.7 Å². The summed E-state index contributed by atoms with van der Waals surface area (Å²) < 4.78 is 2.00. The first-order valence-electron chi connectivity index (χ1n) is 8.06. The van der Waals surface area contributed by atoms with E-state index in [1.807, 2.05) is 28.8 Å². The highest BCUT2D eigenvalue weighted by Crippen LogP contribution is 2.13. The van der Waals surface area contributed by atoms with Crippen LogP contribution in [0, 0.1) is 13.8 Å². The molecule has 0 amide bonds. The average molecular weight is 450 g/mol. The quantitative estimate of drug-likeness (QED) is 0.271. The largest absolute Gasteiger partial charge is 0.370 e. The van der Waals surface area contributed by atoms with E-state index >= 15 is 0 Å². The zero-order chi connectivity index (χ0) is 16.9. The Bertz CT molecular complexity index is 851. The molecule has 0 aliphatic heterocycles. The molecule has 0 radical (unpaired) electrons. The van der Waals surface area contributed by atoms with Crippen LogP contribution in [0.5, 0.6) is 0 Å². The number of pyridine rings is 1. The Morgan fingerprint density at radius 3 is 2.68 bits per heavy atom. The minimum absolute atomic E-state index is 0. The number of benzene rings is 1. The lowest BCUT2D eigenvalue weighted by atomic mass is 10.1. The van der Waals surface area contributed by atoms with E-state index in [9.17, 15) is 0 Å². The number of anilines is 1. The van der Waals surface area contributed by atoms with Crippen molar-refractivity contribution in [3.05, 3.63) is 59.5 Å². The highest BCUT2D eigenvalue weighted by Gasteiger charge is 2.03. The molecule has 132 valence electrons. The Labute approximate surface area is 164 Å². The summed E-state index contributed by atoms with van der Waals surface area (Å²) in [6, 6.07) is 12.1. The molecule has 0 aliphatic rings. The van der Waals surface area contributed by atoms with Gasteiger partial charge in [0.15, 0.2) is 11.6 Å². The number of nitrogens with one attached hydrogen (secondary N) is 1. The SMILES string of the molecule is Cc1cc(C)cc(NC(N)=NCCCc2nnc3ccccn23)c1.I. The number of hydrogen-bond acceptors (Lipinski definition) is 3. The predicted molar refractivity (Wildman–Crippen MR) is 113 cm³/mol. The van der Waals surface area contributed by atoms with Crippen LogP contribution in [-0.2, 0) is 6.42 Å². The van der Waals surface area contributed by atoms with Crippen molar-refractivity contribution in [3.8, 4) is 0 Å². The summed E-state index contributed by atoms with van der Waals surface area (Å²) in [6.45, 7) is 4.77. The summed E-state index contributed by atoms with van der Waals surface area (Å²) in [7, 11) is 0. The van der Waals surface area contributed by atoms with Crippen molar-refractivity contribution in [1.29, 1.82) is 0 Å². The number of hydrogen-bond donors (Lipinski definition) is 2. The average Bonchev–Trinajstić information content (AvgIpc) is 2.94. The van der Waals surface area contributed by atoms with Crippen LogP contribution in [-0.4, -0.2) is 27.1 Å². The number of nitrogens with zero attached hydrogens (tertiary/aromatic N) is 4. The molecule has 2 aromatic heterocycles. The van der Waals surface area contributed by atoms with Crippen LogP contribution >= 0.6 is 24.0 Å². The van der Waals surface area contributed by atoms with Crippen LogP contribution in [0.3, 0.4) is 0 Å². The molecule has 25 heavy (non-hydrogen) atoms. The van der Waals surface area contributed by atoms with Crippen LogP contribution in [0.1, 0.15) is 23.4 Å². The topological polar surface area (TPSA) is 80.6 Å². The van der Waals surface area contributed by atoms with Crippen molar-refractivity contribution in [1.82, 2.24) is 14.6 Å². The second kappa shape index (κ2) is 8.80. The van der Waals surface area contributed by atoms with Crippen molar-refractivity contribution >= 4 is 41.3 Å². The number of halogens is 1. The lowest BCUT2D eigenvalue weighted by Crippen LogP contribution is -2.23. The van der Waals surface area contributed by atoms with E-state index in [2.05, 4.69) is 52.6 Å². The molecule has 0 aliphatic carbocycles. The minimum atomic E-state index is 0. The fourth-order valence-electron chi connectivity index (χ4n) is 2.73. The highest BCUT2D eigenvalue weighted by atomic mass is 127. The first-order valence-corrected chi connectivity index (χ1v) is 8.06. The third kappa shape index (κ3) is 5.15. The number of rotatable bonds is 5. The first kappa shape index (κ1) is 19.2. The van der Waals surface area contributed by atoms with Crippen LogP contribution in [0.4, 0.5) is 5.69 Å². The minimum Gasteiger partial charge on any atom is -0.370 e. The molecule has 3 N–H and O–H groups in total. The normalized spacial score (nSPS) is 11.4. The molecule has 0 atom stereocenters. The summed E-state index contributed by atoms with van der Waals surface area (Å²) in [4.78, 5) is 4.38. The third-order valence-corrected chi connectivity index (χ3v) is 3.72. The van der Waals surface area contributed by atoms with E-state index in [1.165, 1.54) is 11.1 Å². The first-order chi connectivity index (χ1) is 11.6. The molecule has 7 heteroatoms. The summed E-state index contributed by atoms with van der Waals surface area (Å²) in [5.41, 5.74) is 10.2. The van der Waals surface area contributed by atoms with Gasteiger partial charge >= 0.3 is 0 Å². The van der Waals surface area contributed by atoms with Crippen LogP contribution < -0.4 is 11.1 Å². The second-order valence-corrected chi connectivity index (χ2v) is 5.92. The fraction of sp³-hybridized carbons (Fsp3) is 0.278. The van der Waals surface area contributed by atoms with Crippen LogP contribution in [0.25, 0.3) is 5.65 Å². The smallest absolute Gasteiger partial charge is 0.193 e. The molecule has 2 heterocycles. The maximum absolute atomic E-state index is 5.96. The summed E-state index contributed by atoms with van der Waals surface area (Å²) >= 11 is 0. The van der Waals surface area contributed by atoms with Gasteiger partial charge in [0.1, 0.15) is 5.82 Å². The number of aryl methyl sites for hydroxylation is 3. The molecular formula is C18H23IN6. The van der Waals surface area contributed by atoms with E-state index in [0.717, 1.165) is 30.0 Å². The van der Waals surface area contributed by atoms with Gasteiger partial charge in [0.2, 0.25) is 0 Å². The van der Waals surface area contributed by atoms with Crippen molar-refractivity contribution in [2.75, 3.05) is 11.9 Å². The van der Waals surface area contributed by atoms with Crippen LogP contribution in [0.2, 0.25) is 0 Å². The monoisotopic (exact) mass is 450 g/mol. The standard InChI is InChI=1S/C18H22N6.HI/c1-13-10-14(2)12-15(11-13)21-18(19)20-8-5-7-17-23-22-16-6-3-4-9-24(16)17;/h3-4,6,9-12H,5,7-8H2,1-2H3,(H3,19,20,21);1H. The molecule has 6 nitrogen and oxygen atoms in total. The Hall–Kier alpha value is -2.16. The summed E-state index contributed by atoms with van der Waals surface area (Å²) in [6.07, 6.45) is 3.65. The third-order valence-electron chi connectivity index (χ3n) is 3.72. The van der Waals surface area contributed by atoms with Gasteiger partial charge in [-0.2, -0.15) is 0 Å². The Morgan fingerprint density at radius 2 is 1.92 bits per heavy atom.